The van der Waals surface area contributed by atoms with Gasteiger partial charge >= 0.3 is 0 Å². The van der Waals surface area contributed by atoms with E-state index in [1.807, 2.05) is 35.8 Å². The summed E-state index contributed by atoms with van der Waals surface area (Å²) in [5, 5.41) is 12.9. The Hall–Kier alpha value is 0.290. The molecule has 0 aromatic carbocycles. The molecule has 14 heavy (non-hydrogen) atoms. The number of aromatic nitrogens is 1. The summed E-state index contributed by atoms with van der Waals surface area (Å²) in [5.74, 6) is 2.33. The van der Waals surface area contributed by atoms with Crippen LogP contribution in [0.4, 0.5) is 0 Å². The minimum absolute atomic E-state index is 0.286. The third-order valence-electron chi connectivity index (χ3n) is 2.00. The Morgan fingerprint density at radius 2 is 2.21 bits per heavy atom. The molecule has 1 unspecified atom stereocenters. The van der Waals surface area contributed by atoms with Gasteiger partial charge in [-0.25, -0.2) is 4.98 Å². The van der Waals surface area contributed by atoms with Gasteiger partial charge in [-0.3, -0.25) is 0 Å². The van der Waals surface area contributed by atoms with Crippen LogP contribution in [0.2, 0.25) is 0 Å². The lowest BCUT2D eigenvalue weighted by Crippen LogP contribution is -2.16. The maximum atomic E-state index is 10.1. The molecule has 0 spiro atoms. The summed E-state index contributed by atoms with van der Waals surface area (Å²) >= 11 is 5.27. The highest BCUT2D eigenvalue weighted by atomic mass is 32.2. The molecule has 1 aromatic rings. The number of nitrogens with zero attached hydrogens (tertiary/aromatic N) is 1. The second kappa shape index (κ2) is 4.88. The minimum Gasteiger partial charge on any atom is -0.384 e. The molecule has 1 N–H and O–H groups in total. The first-order valence-corrected chi connectivity index (χ1v) is 7.58. The van der Waals surface area contributed by atoms with Crippen molar-refractivity contribution in [3.8, 4) is 0 Å². The van der Waals surface area contributed by atoms with E-state index in [0.29, 0.717) is 0 Å². The Kier molecular flexibility index (Phi) is 3.76. The van der Waals surface area contributed by atoms with Gasteiger partial charge in [0.05, 0.1) is 4.58 Å². The molecule has 5 heteroatoms. The number of thioether (sulfide) groups is 2. The van der Waals surface area contributed by atoms with Gasteiger partial charge in [-0.2, -0.15) is 0 Å². The van der Waals surface area contributed by atoms with Gasteiger partial charge in [0, 0.05) is 11.1 Å². The molecule has 1 aliphatic heterocycles. The fourth-order valence-corrected chi connectivity index (χ4v) is 5.16. The quantitative estimate of drug-likeness (QED) is 0.871. The summed E-state index contributed by atoms with van der Waals surface area (Å²) < 4.78 is 0.286. The highest BCUT2D eigenvalue weighted by Crippen LogP contribution is 2.39. The van der Waals surface area contributed by atoms with Crippen LogP contribution in [0.1, 0.15) is 23.2 Å². The maximum absolute atomic E-state index is 10.1. The van der Waals surface area contributed by atoms with Gasteiger partial charge in [-0.05, 0) is 24.9 Å². The van der Waals surface area contributed by atoms with Crippen LogP contribution < -0.4 is 0 Å². The van der Waals surface area contributed by atoms with E-state index in [0.717, 1.165) is 10.7 Å². The molecule has 0 amide bonds. The Morgan fingerprint density at radius 1 is 1.50 bits per heavy atom. The van der Waals surface area contributed by atoms with Gasteiger partial charge in [0.25, 0.3) is 0 Å². The summed E-state index contributed by atoms with van der Waals surface area (Å²) in [6.07, 6.45) is 0.874. The predicted molar refractivity (Wildman–Crippen MR) is 65.1 cm³/mol. The largest absolute Gasteiger partial charge is 0.384 e. The monoisotopic (exact) mass is 247 g/mol. The van der Waals surface area contributed by atoms with Crippen molar-refractivity contribution in [1.82, 2.24) is 4.98 Å². The van der Waals surface area contributed by atoms with Crippen molar-refractivity contribution in [2.24, 2.45) is 0 Å². The van der Waals surface area contributed by atoms with Crippen molar-refractivity contribution >= 4 is 34.9 Å². The van der Waals surface area contributed by atoms with E-state index in [9.17, 15) is 5.11 Å². The first-order chi connectivity index (χ1) is 6.77. The Morgan fingerprint density at radius 3 is 2.79 bits per heavy atom. The lowest BCUT2D eigenvalue weighted by molar-refractivity contribution is 0.195. The SMILES string of the molecule is Cc1csc(C(O)C2SCCCS2)n1. The molecule has 1 aromatic heterocycles. The van der Waals surface area contributed by atoms with Crippen LogP contribution in [-0.4, -0.2) is 26.2 Å². The van der Waals surface area contributed by atoms with E-state index < -0.39 is 0 Å². The number of aliphatic hydroxyl groups excluding tert-OH is 1. The van der Waals surface area contributed by atoms with E-state index in [-0.39, 0.29) is 10.7 Å². The standard InChI is InChI=1S/C9H13NOS3/c1-6-5-14-8(10-6)7(11)9-12-3-2-4-13-9/h5,7,9,11H,2-4H2,1H3. The molecule has 1 aliphatic rings. The van der Waals surface area contributed by atoms with Crippen molar-refractivity contribution in [3.63, 3.8) is 0 Å². The molecule has 1 fully saturated rings. The van der Waals surface area contributed by atoms with Crippen molar-refractivity contribution in [2.45, 2.75) is 24.0 Å². The lowest BCUT2D eigenvalue weighted by Gasteiger charge is -2.24. The molecular weight excluding hydrogens is 234 g/mol. The Labute approximate surface area is 96.5 Å². The highest BCUT2D eigenvalue weighted by Gasteiger charge is 2.26. The van der Waals surface area contributed by atoms with Crippen LogP contribution in [-0.2, 0) is 0 Å². The first kappa shape index (κ1) is 10.8. The predicted octanol–water partition coefficient (Wildman–Crippen LogP) is 2.68. The third kappa shape index (κ3) is 2.45. The van der Waals surface area contributed by atoms with Crippen LogP contribution in [0.15, 0.2) is 5.38 Å². The van der Waals surface area contributed by atoms with Crippen LogP contribution in [0.5, 0.6) is 0 Å². The van der Waals surface area contributed by atoms with Gasteiger partial charge in [0.15, 0.2) is 0 Å². The number of aryl methyl sites for hydroxylation is 1. The third-order valence-corrected chi connectivity index (χ3v) is 6.07. The Balaban J connectivity index is 2.03. The minimum atomic E-state index is -0.385. The number of hydrogen-bond donors (Lipinski definition) is 1. The first-order valence-electron chi connectivity index (χ1n) is 4.60. The molecular formula is C9H13NOS3. The van der Waals surface area contributed by atoms with E-state index in [2.05, 4.69) is 4.98 Å². The van der Waals surface area contributed by atoms with Gasteiger partial charge in [-0.15, -0.1) is 34.9 Å². The molecule has 78 valence electrons. The summed E-state index contributed by atoms with van der Waals surface area (Å²) in [7, 11) is 0. The summed E-state index contributed by atoms with van der Waals surface area (Å²) in [4.78, 5) is 4.33. The molecule has 1 atom stereocenters. The zero-order valence-corrected chi connectivity index (χ0v) is 10.4. The summed E-state index contributed by atoms with van der Waals surface area (Å²) in [6.45, 7) is 1.97. The number of thiazole rings is 1. The fourth-order valence-electron chi connectivity index (χ4n) is 1.31. The molecule has 1 saturated heterocycles. The summed E-state index contributed by atoms with van der Waals surface area (Å²) in [6, 6.07) is 0. The zero-order valence-electron chi connectivity index (χ0n) is 7.97. The average molecular weight is 247 g/mol. The second-order valence-corrected chi connectivity index (χ2v) is 6.92. The van der Waals surface area contributed by atoms with Gasteiger partial charge < -0.3 is 5.11 Å². The van der Waals surface area contributed by atoms with Crippen molar-refractivity contribution < 1.29 is 5.11 Å². The van der Waals surface area contributed by atoms with Crippen LogP contribution >= 0.6 is 34.9 Å². The maximum Gasteiger partial charge on any atom is 0.126 e. The van der Waals surface area contributed by atoms with Gasteiger partial charge in [0.1, 0.15) is 11.1 Å². The molecule has 0 radical (unpaired) electrons. The van der Waals surface area contributed by atoms with Gasteiger partial charge in [0.2, 0.25) is 0 Å². The topological polar surface area (TPSA) is 33.1 Å². The number of aliphatic hydroxyl groups is 1. The van der Waals surface area contributed by atoms with E-state index in [1.165, 1.54) is 17.9 Å². The zero-order chi connectivity index (χ0) is 9.97. The summed E-state index contributed by atoms with van der Waals surface area (Å²) in [5.41, 5.74) is 1.01. The smallest absolute Gasteiger partial charge is 0.126 e. The van der Waals surface area contributed by atoms with Crippen molar-refractivity contribution in [2.75, 3.05) is 11.5 Å². The average Bonchev–Trinajstić information content (AvgIpc) is 2.65. The molecule has 0 bridgehead atoms. The highest BCUT2D eigenvalue weighted by molar-refractivity contribution is 8.17. The number of rotatable bonds is 2. The molecule has 0 aliphatic carbocycles. The fraction of sp³-hybridized carbons (Fsp3) is 0.667. The van der Waals surface area contributed by atoms with Crippen LogP contribution in [0.25, 0.3) is 0 Å². The van der Waals surface area contributed by atoms with Crippen LogP contribution in [0.3, 0.4) is 0 Å². The Bertz CT molecular complexity index is 296. The molecule has 2 rings (SSSR count). The van der Waals surface area contributed by atoms with E-state index >= 15 is 0 Å². The molecule has 2 heterocycles. The number of hydrogen-bond acceptors (Lipinski definition) is 5. The van der Waals surface area contributed by atoms with Crippen LogP contribution in [0, 0.1) is 6.92 Å². The lowest BCUT2D eigenvalue weighted by atomic mass is 10.4. The molecule has 2 nitrogen and oxygen atoms in total. The van der Waals surface area contributed by atoms with Crippen molar-refractivity contribution in [3.05, 3.63) is 16.1 Å². The van der Waals surface area contributed by atoms with E-state index in [4.69, 9.17) is 0 Å². The van der Waals surface area contributed by atoms with Crippen molar-refractivity contribution in [1.29, 1.82) is 0 Å². The molecule has 0 saturated carbocycles. The van der Waals surface area contributed by atoms with E-state index in [1.54, 1.807) is 11.3 Å². The van der Waals surface area contributed by atoms with Gasteiger partial charge in [-0.1, -0.05) is 0 Å². The normalized spacial score (nSPS) is 21.0. The second-order valence-electron chi connectivity index (χ2n) is 3.24.